The summed E-state index contributed by atoms with van der Waals surface area (Å²) < 4.78 is 15.5. The molecule has 1 aliphatic carbocycles. The maximum Gasteiger partial charge on any atom is 0.192 e. The zero-order chi connectivity index (χ0) is 15.0. The highest BCUT2D eigenvalue weighted by molar-refractivity contribution is 7.98. The maximum absolute atomic E-state index is 13.7. The van der Waals surface area contributed by atoms with Crippen LogP contribution in [0, 0.1) is 12.4 Å². The van der Waals surface area contributed by atoms with Crippen LogP contribution in [-0.4, -0.2) is 16.6 Å². The number of fused-ring (bicyclic) bond motifs is 1. The standard InChI is InChI=1S/C16H13FN2OS/c1-18-11-6-10(17)7-12(8-11)19-9-15(21-2)16-13(19)4-3-5-14(16)20/h6-9H,3-5H2,2H3. The van der Waals surface area contributed by atoms with Gasteiger partial charge >= 0.3 is 0 Å². The average molecular weight is 300 g/mol. The highest BCUT2D eigenvalue weighted by Gasteiger charge is 2.25. The van der Waals surface area contributed by atoms with Crippen molar-refractivity contribution >= 4 is 23.2 Å². The normalized spacial score (nSPS) is 13.9. The SMILES string of the molecule is [C-]#[N+]c1cc(F)cc(-n2cc(SC)c3c2CCCC3=O)c1. The maximum atomic E-state index is 13.7. The van der Waals surface area contributed by atoms with E-state index in [-0.39, 0.29) is 11.5 Å². The van der Waals surface area contributed by atoms with Crippen LogP contribution in [0.5, 0.6) is 0 Å². The average Bonchev–Trinajstić information content (AvgIpc) is 2.86. The van der Waals surface area contributed by atoms with Gasteiger partial charge in [0.1, 0.15) is 5.82 Å². The summed E-state index contributed by atoms with van der Waals surface area (Å²) in [5, 5.41) is 0. The van der Waals surface area contributed by atoms with Crippen LogP contribution in [0.1, 0.15) is 28.9 Å². The number of halogens is 1. The summed E-state index contributed by atoms with van der Waals surface area (Å²) in [4.78, 5) is 16.4. The molecule has 0 amide bonds. The lowest BCUT2D eigenvalue weighted by Gasteiger charge is -2.15. The van der Waals surface area contributed by atoms with Crippen LogP contribution < -0.4 is 0 Å². The van der Waals surface area contributed by atoms with E-state index >= 15 is 0 Å². The minimum Gasteiger partial charge on any atom is -0.320 e. The molecule has 1 aromatic carbocycles. The minimum absolute atomic E-state index is 0.154. The van der Waals surface area contributed by atoms with Crippen molar-refractivity contribution in [2.45, 2.75) is 24.2 Å². The van der Waals surface area contributed by atoms with E-state index in [1.165, 1.54) is 23.9 Å². The van der Waals surface area contributed by atoms with Crippen LogP contribution in [0.25, 0.3) is 10.5 Å². The van der Waals surface area contributed by atoms with Crippen LogP contribution in [-0.2, 0) is 6.42 Å². The van der Waals surface area contributed by atoms with E-state index in [0.717, 1.165) is 29.0 Å². The van der Waals surface area contributed by atoms with Gasteiger partial charge in [-0.05, 0) is 37.3 Å². The van der Waals surface area contributed by atoms with Crippen LogP contribution in [0.2, 0.25) is 0 Å². The number of nitrogens with zero attached hydrogens (tertiary/aromatic N) is 2. The summed E-state index contributed by atoms with van der Waals surface area (Å²) in [7, 11) is 0. The fraction of sp³-hybridized carbons (Fsp3) is 0.250. The number of thioether (sulfide) groups is 1. The molecule has 1 aromatic heterocycles. The Morgan fingerprint density at radius 3 is 2.86 bits per heavy atom. The van der Waals surface area contributed by atoms with Crippen molar-refractivity contribution in [3.63, 3.8) is 0 Å². The lowest BCUT2D eigenvalue weighted by molar-refractivity contribution is 0.0969. The van der Waals surface area contributed by atoms with E-state index in [1.54, 1.807) is 6.07 Å². The lowest BCUT2D eigenvalue weighted by atomic mass is 9.96. The number of aromatic nitrogens is 1. The van der Waals surface area contributed by atoms with Gasteiger partial charge in [0.15, 0.2) is 11.5 Å². The topological polar surface area (TPSA) is 26.4 Å². The highest BCUT2D eigenvalue weighted by atomic mass is 32.2. The van der Waals surface area contributed by atoms with E-state index in [4.69, 9.17) is 6.57 Å². The quantitative estimate of drug-likeness (QED) is 0.606. The number of rotatable bonds is 2. The molecule has 5 heteroatoms. The zero-order valence-electron chi connectivity index (χ0n) is 11.5. The van der Waals surface area contributed by atoms with Crippen molar-refractivity contribution in [2.75, 3.05) is 6.26 Å². The minimum atomic E-state index is -0.436. The molecule has 3 rings (SSSR count). The van der Waals surface area contributed by atoms with Crippen molar-refractivity contribution in [2.24, 2.45) is 0 Å². The van der Waals surface area contributed by atoms with E-state index in [0.29, 0.717) is 12.1 Å². The Bertz CT molecular complexity index is 773. The second kappa shape index (κ2) is 5.38. The molecule has 0 N–H and O–H groups in total. The van der Waals surface area contributed by atoms with Crippen molar-refractivity contribution < 1.29 is 9.18 Å². The molecule has 0 atom stereocenters. The lowest BCUT2D eigenvalue weighted by Crippen LogP contribution is -2.12. The third-order valence-corrected chi connectivity index (χ3v) is 4.41. The molecular formula is C16H13FN2OS. The molecule has 0 unspecified atom stereocenters. The predicted octanol–water partition coefficient (Wildman–Crippen LogP) is 4.41. The first-order chi connectivity index (χ1) is 10.1. The molecule has 1 aliphatic rings. The Kier molecular flexibility index (Phi) is 3.56. The van der Waals surface area contributed by atoms with Gasteiger partial charge in [-0.3, -0.25) is 4.79 Å². The van der Waals surface area contributed by atoms with Crippen LogP contribution in [0.4, 0.5) is 10.1 Å². The van der Waals surface area contributed by atoms with E-state index in [9.17, 15) is 9.18 Å². The second-order valence-electron chi connectivity index (χ2n) is 4.95. The monoisotopic (exact) mass is 300 g/mol. The molecule has 0 saturated carbocycles. The second-order valence-corrected chi connectivity index (χ2v) is 5.79. The van der Waals surface area contributed by atoms with Gasteiger partial charge in [0.05, 0.1) is 12.1 Å². The van der Waals surface area contributed by atoms with Gasteiger partial charge in [0.25, 0.3) is 0 Å². The number of hydrogen-bond acceptors (Lipinski definition) is 2. The molecule has 1 heterocycles. The van der Waals surface area contributed by atoms with Gasteiger partial charge in [0, 0.05) is 28.9 Å². The summed E-state index contributed by atoms with van der Waals surface area (Å²) in [6.07, 6.45) is 5.99. The van der Waals surface area contributed by atoms with Crippen LogP contribution in [0.15, 0.2) is 29.3 Å². The summed E-state index contributed by atoms with van der Waals surface area (Å²) in [6, 6.07) is 4.27. The Balaban J connectivity index is 2.22. The number of ketones is 1. The van der Waals surface area contributed by atoms with E-state index < -0.39 is 5.82 Å². The molecule has 21 heavy (non-hydrogen) atoms. The van der Waals surface area contributed by atoms with Gasteiger partial charge < -0.3 is 4.57 Å². The first-order valence-electron chi connectivity index (χ1n) is 6.64. The number of hydrogen-bond donors (Lipinski definition) is 0. The first-order valence-corrected chi connectivity index (χ1v) is 7.86. The van der Waals surface area contributed by atoms with E-state index in [1.807, 2.05) is 17.0 Å². The van der Waals surface area contributed by atoms with Crippen molar-refractivity contribution in [3.05, 3.63) is 52.9 Å². The molecular weight excluding hydrogens is 287 g/mol. The summed E-state index contributed by atoms with van der Waals surface area (Å²) >= 11 is 1.52. The molecule has 0 spiro atoms. The Hall–Kier alpha value is -2.06. The van der Waals surface area contributed by atoms with Gasteiger partial charge in [0.2, 0.25) is 0 Å². The fourth-order valence-corrected chi connectivity index (χ4v) is 3.40. The van der Waals surface area contributed by atoms with Gasteiger partial charge in [-0.15, -0.1) is 11.8 Å². The Labute approximate surface area is 126 Å². The largest absolute Gasteiger partial charge is 0.320 e. The van der Waals surface area contributed by atoms with Crippen molar-refractivity contribution in [1.82, 2.24) is 4.57 Å². The number of carbonyl (C=O) groups is 1. The highest BCUT2D eigenvalue weighted by Crippen LogP contribution is 2.34. The van der Waals surface area contributed by atoms with Crippen molar-refractivity contribution in [1.29, 1.82) is 0 Å². The van der Waals surface area contributed by atoms with Crippen LogP contribution in [0.3, 0.4) is 0 Å². The third kappa shape index (κ3) is 2.36. The van der Waals surface area contributed by atoms with E-state index in [2.05, 4.69) is 4.85 Å². The molecule has 2 aromatic rings. The number of Topliss-reactive ketones (excluding diaryl/α,β-unsaturated/α-hetero) is 1. The first kappa shape index (κ1) is 13.9. The zero-order valence-corrected chi connectivity index (χ0v) is 12.3. The fourth-order valence-electron chi connectivity index (χ4n) is 2.76. The summed E-state index contributed by atoms with van der Waals surface area (Å²) in [6.45, 7) is 7.05. The number of benzene rings is 1. The molecule has 3 nitrogen and oxygen atoms in total. The summed E-state index contributed by atoms with van der Waals surface area (Å²) in [5.74, 6) is -0.282. The number of carbonyl (C=O) groups excluding carboxylic acids is 1. The Morgan fingerprint density at radius 2 is 2.14 bits per heavy atom. The van der Waals surface area contributed by atoms with Gasteiger partial charge in [-0.25, -0.2) is 9.24 Å². The van der Waals surface area contributed by atoms with Gasteiger partial charge in [-0.1, -0.05) is 0 Å². The Morgan fingerprint density at radius 1 is 1.33 bits per heavy atom. The third-order valence-electron chi connectivity index (χ3n) is 3.66. The molecule has 0 bridgehead atoms. The smallest absolute Gasteiger partial charge is 0.192 e. The van der Waals surface area contributed by atoms with Crippen molar-refractivity contribution in [3.8, 4) is 5.69 Å². The molecule has 0 aliphatic heterocycles. The molecule has 0 fully saturated rings. The molecule has 0 radical (unpaired) electrons. The molecule has 106 valence electrons. The summed E-state index contributed by atoms with van der Waals surface area (Å²) in [5.41, 5.74) is 2.56. The van der Waals surface area contributed by atoms with Gasteiger partial charge in [-0.2, -0.15) is 0 Å². The molecule has 0 saturated heterocycles. The van der Waals surface area contributed by atoms with Crippen LogP contribution >= 0.6 is 11.8 Å². The predicted molar refractivity (Wildman–Crippen MR) is 81.0 cm³/mol.